The van der Waals surface area contributed by atoms with Crippen LogP contribution in [-0.4, -0.2) is 47.5 Å². The first-order chi connectivity index (χ1) is 11.3. The summed E-state index contributed by atoms with van der Waals surface area (Å²) in [5.41, 5.74) is 4.76. The molecule has 7 nitrogen and oxygen atoms in total. The molecule has 0 unspecified atom stereocenters. The number of benzene rings is 1. The smallest absolute Gasteiger partial charge is 0.342 e. The van der Waals surface area contributed by atoms with Gasteiger partial charge in [-0.3, -0.25) is 9.59 Å². The molecule has 0 bridgehead atoms. The van der Waals surface area contributed by atoms with Crippen molar-refractivity contribution in [1.29, 1.82) is 0 Å². The summed E-state index contributed by atoms with van der Waals surface area (Å²) in [6, 6.07) is 1.61. The number of likely N-dealkylation sites (tertiary alicyclic amines) is 1. The van der Waals surface area contributed by atoms with Crippen LogP contribution < -0.4 is 5.73 Å². The lowest BCUT2D eigenvalue weighted by Crippen LogP contribution is -2.45. The van der Waals surface area contributed by atoms with Gasteiger partial charge < -0.3 is 20.5 Å². The summed E-state index contributed by atoms with van der Waals surface area (Å²) in [6.45, 7) is -0.00213. The molecule has 0 aliphatic carbocycles. The summed E-state index contributed by atoms with van der Waals surface area (Å²) in [7, 11) is 0. The van der Waals surface area contributed by atoms with E-state index in [1.165, 1.54) is 4.90 Å². The van der Waals surface area contributed by atoms with Crippen LogP contribution >= 0.6 is 11.6 Å². The lowest BCUT2D eigenvalue weighted by molar-refractivity contribution is -0.137. The zero-order valence-corrected chi connectivity index (χ0v) is 13.4. The molecule has 130 valence electrons. The third-order valence-electron chi connectivity index (χ3n) is 3.75. The van der Waals surface area contributed by atoms with Crippen LogP contribution in [0.3, 0.4) is 0 Å². The fourth-order valence-corrected chi connectivity index (χ4v) is 2.66. The molecule has 1 aromatic rings. The second kappa shape index (κ2) is 7.48. The van der Waals surface area contributed by atoms with Gasteiger partial charge in [0.1, 0.15) is 17.1 Å². The van der Waals surface area contributed by atoms with Gasteiger partial charge in [-0.1, -0.05) is 11.6 Å². The molecule has 24 heavy (non-hydrogen) atoms. The zero-order valence-electron chi connectivity index (χ0n) is 12.6. The van der Waals surface area contributed by atoms with Crippen LogP contribution in [0.15, 0.2) is 12.1 Å². The molecule has 0 radical (unpaired) electrons. The number of carbonyl (C=O) groups is 3. The van der Waals surface area contributed by atoms with Crippen molar-refractivity contribution in [2.24, 2.45) is 11.7 Å². The molecule has 9 heteroatoms. The first-order valence-electron chi connectivity index (χ1n) is 7.21. The number of hydrogen-bond acceptors (Lipinski definition) is 5. The number of primary amides is 1. The number of esters is 1. The Hall–Kier alpha value is -2.35. The van der Waals surface area contributed by atoms with Gasteiger partial charge in [0.25, 0.3) is 5.91 Å². The summed E-state index contributed by atoms with van der Waals surface area (Å²) >= 11 is 5.58. The SMILES string of the molecule is NC(=O)[C@H]1CCCN(C(=O)COC(=O)c2cc(F)cc(Cl)c2O)C1. The van der Waals surface area contributed by atoms with Crippen LogP contribution in [0.2, 0.25) is 5.02 Å². The van der Waals surface area contributed by atoms with Crippen LogP contribution in [0, 0.1) is 11.7 Å². The van der Waals surface area contributed by atoms with Crippen molar-refractivity contribution in [3.8, 4) is 5.75 Å². The molecule has 1 fully saturated rings. The van der Waals surface area contributed by atoms with Crippen molar-refractivity contribution in [2.75, 3.05) is 19.7 Å². The van der Waals surface area contributed by atoms with Gasteiger partial charge >= 0.3 is 5.97 Å². The molecule has 0 spiro atoms. The predicted octanol–water partition coefficient (Wildman–Crippen LogP) is 1.07. The highest BCUT2D eigenvalue weighted by molar-refractivity contribution is 6.32. The number of ether oxygens (including phenoxy) is 1. The average Bonchev–Trinajstić information content (AvgIpc) is 2.55. The van der Waals surface area contributed by atoms with Crippen molar-refractivity contribution < 1.29 is 28.6 Å². The fraction of sp³-hybridized carbons (Fsp3) is 0.400. The number of hydrogen-bond donors (Lipinski definition) is 2. The van der Waals surface area contributed by atoms with Crippen molar-refractivity contribution >= 4 is 29.4 Å². The van der Waals surface area contributed by atoms with Gasteiger partial charge in [-0.2, -0.15) is 0 Å². The van der Waals surface area contributed by atoms with Crippen molar-refractivity contribution in [3.63, 3.8) is 0 Å². The van der Waals surface area contributed by atoms with Gasteiger partial charge in [0.2, 0.25) is 5.91 Å². The summed E-state index contributed by atoms with van der Waals surface area (Å²) in [5.74, 6) is -3.94. The van der Waals surface area contributed by atoms with E-state index >= 15 is 0 Å². The number of carbonyl (C=O) groups excluding carboxylic acids is 3. The molecular formula is C15H16ClFN2O5. The Morgan fingerprint density at radius 1 is 1.42 bits per heavy atom. The monoisotopic (exact) mass is 358 g/mol. The van der Waals surface area contributed by atoms with Crippen LogP contribution in [-0.2, 0) is 14.3 Å². The van der Waals surface area contributed by atoms with E-state index in [9.17, 15) is 23.9 Å². The van der Waals surface area contributed by atoms with E-state index in [1.54, 1.807) is 0 Å². The minimum atomic E-state index is -1.08. The molecule has 1 aliphatic heterocycles. The molecule has 1 aromatic carbocycles. The highest BCUT2D eigenvalue weighted by atomic mass is 35.5. The number of piperidine rings is 1. The van der Waals surface area contributed by atoms with E-state index in [1.807, 2.05) is 0 Å². The topological polar surface area (TPSA) is 110 Å². The maximum Gasteiger partial charge on any atom is 0.342 e. The van der Waals surface area contributed by atoms with E-state index < -0.39 is 47.4 Å². The minimum Gasteiger partial charge on any atom is -0.505 e. The number of aromatic hydroxyl groups is 1. The van der Waals surface area contributed by atoms with E-state index in [2.05, 4.69) is 0 Å². The number of phenolic OH excluding ortho intramolecular Hbond substituents is 1. The van der Waals surface area contributed by atoms with Gasteiger partial charge in [-0.05, 0) is 25.0 Å². The number of nitrogens with zero attached hydrogens (tertiary/aromatic N) is 1. The molecule has 0 aromatic heterocycles. The third kappa shape index (κ3) is 4.14. The Labute approximate surface area is 142 Å². The van der Waals surface area contributed by atoms with Crippen molar-refractivity contribution in [2.45, 2.75) is 12.8 Å². The van der Waals surface area contributed by atoms with Crippen LogP contribution in [0.5, 0.6) is 5.75 Å². The number of halogens is 2. The summed E-state index contributed by atoms with van der Waals surface area (Å²) in [6.07, 6.45) is 1.22. The standard InChI is InChI=1S/C15H16ClFN2O5/c16-11-5-9(17)4-10(13(11)21)15(23)24-7-12(20)19-3-1-2-8(6-19)14(18)22/h4-5,8,21H,1-3,6-7H2,(H2,18,22)/t8-/m0/s1. The lowest BCUT2D eigenvalue weighted by Gasteiger charge is -2.31. The summed E-state index contributed by atoms with van der Waals surface area (Å²) in [5, 5.41) is 9.32. The predicted molar refractivity (Wildman–Crippen MR) is 81.9 cm³/mol. The average molecular weight is 359 g/mol. The molecule has 2 rings (SSSR count). The van der Waals surface area contributed by atoms with Crippen LogP contribution in [0.1, 0.15) is 23.2 Å². The van der Waals surface area contributed by atoms with Gasteiger partial charge in [-0.25, -0.2) is 9.18 Å². The number of nitrogens with two attached hydrogens (primary N) is 1. The second-order valence-corrected chi connectivity index (χ2v) is 5.85. The quantitative estimate of drug-likeness (QED) is 0.782. The lowest BCUT2D eigenvalue weighted by atomic mass is 9.97. The Balaban J connectivity index is 1.96. The molecule has 0 saturated carbocycles. The van der Waals surface area contributed by atoms with Gasteiger partial charge in [0.05, 0.1) is 10.9 Å². The molecule has 1 saturated heterocycles. The maximum absolute atomic E-state index is 13.3. The highest BCUT2D eigenvalue weighted by Crippen LogP contribution is 2.29. The van der Waals surface area contributed by atoms with Crippen molar-refractivity contribution in [1.82, 2.24) is 4.90 Å². The number of rotatable bonds is 4. The minimum absolute atomic E-state index is 0.169. The first kappa shape index (κ1) is 18.0. The van der Waals surface area contributed by atoms with Crippen LogP contribution in [0.4, 0.5) is 4.39 Å². The van der Waals surface area contributed by atoms with E-state index in [4.69, 9.17) is 22.1 Å². The Morgan fingerprint density at radius 3 is 2.79 bits per heavy atom. The molecular weight excluding hydrogens is 343 g/mol. The highest BCUT2D eigenvalue weighted by Gasteiger charge is 2.28. The van der Waals surface area contributed by atoms with Gasteiger partial charge in [-0.15, -0.1) is 0 Å². The van der Waals surface area contributed by atoms with Gasteiger partial charge in [0, 0.05) is 13.1 Å². The van der Waals surface area contributed by atoms with E-state index in [0.717, 1.165) is 12.1 Å². The normalized spacial score (nSPS) is 17.4. The zero-order chi connectivity index (χ0) is 17.9. The molecule has 2 amide bonds. The van der Waals surface area contributed by atoms with Gasteiger partial charge in [0.15, 0.2) is 6.61 Å². The fourth-order valence-electron chi connectivity index (χ4n) is 2.45. The van der Waals surface area contributed by atoms with Crippen molar-refractivity contribution in [3.05, 3.63) is 28.5 Å². The first-order valence-corrected chi connectivity index (χ1v) is 7.59. The van der Waals surface area contributed by atoms with Crippen LogP contribution in [0.25, 0.3) is 0 Å². The third-order valence-corrected chi connectivity index (χ3v) is 4.04. The summed E-state index contributed by atoms with van der Waals surface area (Å²) < 4.78 is 18.1. The maximum atomic E-state index is 13.3. The molecule has 1 heterocycles. The molecule has 1 atom stereocenters. The Morgan fingerprint density at radius 2 is 2.12 bits per heavy atom. The number of phenols is 1. The summed E-state index contributed by atoms with van der Waals surface area (Å²) in [4.78, 5) is 36.5. The molecule has 3 N–H and O–H groups in total. The Kier molecular flexibility index (Phi) is 5.61. The van der Waals surface area contributed by atoms with E-state index in [-0.39, 0.29) is 11.6 Å². The molecule has 1 aliphatic rings. The second-order valence-electron chi connectivity index (χ2n) is 5.44. The largest absolute Gasteiger partial charge is 0.505 e. The number of amides is 2. The van der Waals surface area contributed by atoms with E-state index in [0.29, 0.717) is 19.4 Å². The Bertz CT molecular complexity index is 682.